The number of ether oxygens (including phenoxy) is 2. The highest BCUT2D eigenvalue weighted by atomic mass is 32.1. The van der Waals surface area contributed by atoms with Gasteiger partial charge in [0.05, 0.1) is 11.1 Å². The van der Waals surface area contributed by atoms with Crippen LogP contribution < -0.4 is 14.9 Å². The van der Waals surface area contributed by atoms with E-state index in [1.165, 1.54) is 35.8 Å². The number of nitrogens with one attached hydrogen (secondary N) is 1. The van der Waals surface area contributed by atoms with Crippen molar-refractivity contribution in [3.05, 3.63) is 86.6 Å². The second-order valence-electron chi connectivity index (χ2n) is 5.74. The number of rotatable bonds is 8. The summed E-state index contributed by atoms with van der Waals surface area (Å²) in [5.74, 6) is -0.634. The number of carbonyl (C=O) groups is 2. The lowest BCUT2D eigenvalue weighted by Gasteiger charge is -2.05. The second-order valence-corrected chi connectivity index (χ2v) is 6.69. The fraction of sp³-hybridized carbons (Fsp3) is 0.0500. The third-order valence-corrected chi connectivity index (χ3v) is 4.49. The number of esters is 1. The molecule has 3 aromatic rings. The first-order valence-corrected chi connectivity index (χ1v) is 9.45. The Morgan fingerprint density at radius 2 is 1.87 bits per heavy atom. The Bertz CT molecular complexity index is 1060. The smallest absolute Gasteiger partial charge is 0.353 e. The van der Waals surface area contributed by atoms with Crippen LogP contribution in [0.15, 0.2) is 71.1 Å². The van der Waals surface area contributed by atoms with E-state index >= 15 is 0 Å². The zero-order valence-electron chi connectivity index (χ0n) is 15.4. The highest BCUT2D eigenvalue weighted by Gasteiger charge is 2.14. The number of hydrogen-bond donors (Lipinski definition) is 1. The standard InChI is InChI=1S/C20H15N3O6S/c24-19(13-28-17-5-2-1-4-16(17)23(26)27)22-21-12-14-7-9-15(10-8-14)29-20(25)18-6-3-11-30-18/h1-12H,13H2,(H,22,24). The summed E-state index contributed by atoms with van der Waals surface area (Å²) in [6.45, 7) is -0.431. The molecule has 30 heavy (non-hydrogen) atoms. The number of benzene rings is 2. The van der Waals surface area contributed by atoms with Gasteiger partial charge in [-0.2, -0.15) is 5.10 Å². The minimum atomic E-state index is -0.591. The van der Waals surface area contributed by atoms with E-state index in [-0.39, 0.29) is 11.4 Å². The molecule has 3 rings (SSSR count). The highest BCUT2D eigenvalue weighted by molar-refractivity contribution is 7.12. The van der Waals surface area contributed by atoms with Gasteiger partial charge in [-0.15, -0.1) is 11.3 Å². The fourth-order valence-electron chi connectivity index (χ4n) is 2.26. The maximum absolute atomic E-state index is 11.9. The zero-order valence-corrected chi connectivity index (χ0v) is 16.2. The summed E-state index contributed by atoms with van der Waals surface area (Å²) in [6, 6.07) is 15.7. The molecule has 0 radical (unpaired) electrons. The lowest BCUT2D eigenvalue weighted by molar-refractivity contribution is -0.385. The summed E-state index contributed by atoms with van der Waals surface area (Å²) in [5.41, 5.74) is 2.70. The van der Waals surface area contributed by atoms with Crippen molar-refractivity contribution in [1.29, 1.82) is 0 Å². The number of amides is 1. The first-order chi connectivity index (χ1) is 14.5. The molecule has 9 nitrogen and oxygen atoms in total. The quantitative estimate of drug-likeness (QED) is 0.194. The number of nitrogens with zero attached hydrogens (tertiary/aromatic N) is 2. The number of para-hydroxylation sites is 2. The van der Waals surface area contributed by atoms with Crippen molar-refractivity contribution in [1.82, 2.24) is 5.43 Å². The van der Waals surface area contributed by atoms with Crippen molar-refractivity contribution < 1.29 is 24.0 Å². The van der Waals surface area contributed by atoms with Crippen LogP contribution in [-0.4, -0.2) is 29.6 Å². The van der Waals surface area contributed by atoms with Crippen molar-refractivity contribution in [2.24, 2.45) is 5.10 Å². The Kier molecular flexibility index (Phi) is 6.85. The van der Waals surface area contributed by atoms with Crippen LogP contribution in [0.3, 0.4) is 0 Å². The van der Waals surface area contributed by atoms with E-state index in [1.54, 1.807) is 47.8 Å². The van der Waals surface area contributed by atoms with Gasteiger partial charge in [-0.1, -0.05) is 18.2 Å². The largest absolute Gasteiger partial charge is 0.477 e. The molecule has 0 bridgehead atoms. The van der Waals surface area contributed by atoms with Crippen LogP contribution in [0.2, 0.25) is 0 Å². The van der Waals surface area contributed by atoms with E-state index in [2.05, 4.69) is 10.5 Å². The van der Waals surface area contributed by atoms with Crippen molar-refractivity contribution in [3.63, 3.8) is 0 Å². The lowest BCUT2D eigenvalue weighted by Crippen LogP contribution is -2.24. The van der Waals surface area contributed by atoms with Gasteiger partial charge in [-0.3, -0.25) is 14.9 Å². The monoisotopic (exact) mass is 425 g/mol. The van der Waals surface area contributed by atoms with Gasteiger partial charge in [-0.05, 0) is 47.3 Å². The summed E-state index contributed by atoms with van der Waals surface area (Å²) < 4.78 is 10.4. The van der Waals surface area contributed by atoms with Gasteiger partial charge in [0, 0.05) is 6.07 Å². The average molecular weight is 425 g/mol. The maximum atomic E-state index is 11.9. The van der Waals surface area contributed by atoms with E-state index < -0.39 is 23.4 Å². The number of nitro groups is 1. The average Bonchev–Trinajstić information content (AvgIpc) is 3.29. The second kappa shape index (κ2) is 9.94. The van der Waals surface area contributed by atoms with Crippen LogP contribution in [0, 0.1) is 10.1 Å². The number of thiophene rings is 1. The molecule has 10 heteroatoms. The Morgan fingerprint density at radius 1 is 1.10 bits per heavy atom. The Balaban J connectivity index is 1.47. The number of carbonyl (C=O) groups excluding carboxylic acids is 2. The summed E-state index contributed by atoms with van der Waals surface area (Å²) in [4.78, 5) is 34.5. The molecule has 1 heterocycles. The summed E-state index contributed by atoms with van der Waals surface area (Å²) in [7, 11) is 0. The van der Waals surface area contributed by atoms with Crippen molar-refractivity contribution >= 4 is 35.1 Å². The summed E-state index contributed by atoms with van der Waals surface area (Å²) >= 11 is 1.29. The Morgan fingerprint density at radius 3 is 2.57 bits per heavy atom. The minimum absolute atomic E-state index is 0.00526. The molecular weight excluding hydrogens is 410 g/mol. The Labute approximate surface area is 174 Å². The van der Waals surface area contributed by atoms with Crippen LogP contribution in [0.1, 0.15) is 15.2 Å². The molecule has 0 saturated heterocycles. The predicted molar refractivity (Wildman–Crippen MR) is 110 cm³/mol. The SMILES string of the molecule is O=C(COc1ccccc1[N+](=O)[O-])NN=Cc1ccc(OC(=O)c2cccs2)cc1. The van der Waals surface area contributed by atoms with Gasteiger partial charge in [0.1, 0.15) is 10.6 Å². The zero-order chi connectivity index (χ0) is 21.3. The normalized spacial score (nSPS) is 10.5. The lowest BCUT2D eigenvalue weighted by atomic mass is 10.2. The van der Waals surface area contributed by atoms with Crippen molar-refractivity contribution in [3.8, 4) is 11.5 Å². The molecule has 1 amide bonds. The number of nitro benzene ring substituents is 1. The van der Waals surface area contributed by atoms with Gasteiger partial charge >= 0.3 is 11.7 Å². The number of hydrogen-bond acceptors (Lipinski definition) is 8. The molecule has 0 unspecified atom stereocenters. The van der Waals surface area contributed by atoms with Crippen molar-refractivity contribution in [2.45, 2.75) is 0 Å². The van der Waals surface area contributed by atoms with Crippen LogP contribution >= 0.6 is 11.3 Å². The molecule has 1 aromatic heterocycles. The van der Waals surface area contributed by atoms with Crippen molar-refractivity contribution in [2.75, 3.05) is 6.61 Å². The highest BCUT2D eigenvalue weighted by Crippen LogP contribution is 2.25. The van der Waals surface area contributed by atoms with Gasteiger partial charge < -0.3 is 9.47 Å². The number of hydrazone groups is 1. The first kappa shape index (κ1) is 20.7. The third kappa shape index (κ3) is 5.72. The predicted octanol–water partition coefficient (Wildman–Crippen LogP) is 3.40. The van der Waals surface area contributed by atoms with Gasteiger partial charge in [0.25, 0.3) is 5.91 Å². The van der Waals surface area contributed by atoms with Gasteiger partial charge in [0.15, 0.2) is 12.4 Å². The Hall–Kier alpha value is -4.05. The molecule has 2 aromatic carbocycles. The molecule has 1 N–H and O–H groups in total. The summed E-state index contributed by atoms with van der Waals surface area (Å²) in [6.07, 6.45) is 1.40. The molecule has 0 atom stereocenters. The van der Waals surface area contributed by atoms with Crippen LogP contribution in [0.25, 0.3) is 0 Å². The topological polar surface area (TPSA) is 120 Å². The van der Waals surface area contributed by atoms with E-state index in [0.29, 0.717) is 16.2 Å². The van der Waals surface area contributed by atoms with Gasteiger partial charge in [0.2, 0.25) is 0 Å². The molecule has 0 spiro atoms. The van der Waals surface area contributed by atoms with Crippen LogP contribution in [-0.2, 0) is 4.79 Å². The molecule has 0 aliphatic carbocycles. The van der Waals surface area contributed by atoms with E-state index in [9.17, 15) is 19.7 Å². The third-order valence-electron chi connectivity index (χ3n) is 3.64. The van der Waals surface area contributed by atoms with E-state index in [1.807, 2.05) is 0 Å². The fourth-order valence-corrected chi connectivity index (χ4v) is 2.86. The first-order valence-electron chi connectivity index (χ1n) is 8.57. The van der Waals surface area contributed by atoms with Crippen LogP contribution in [0.4, 0.5) is 5.69 Å². The molecule has 152 valence electrons. The minimum Gasteiger partial charge on any atom is -0.477 e. The molecule has 0 fully saturated rings. The van der Waals surface area contributed by atoms with Gasteiger partial charge in [-0.25, -0.2) is 10.2 Å². The molecule has 0 aliphatic rings. The maximum Gasteiger partial charge on any atom is 0.353 e. The molecule has 0 saturated carbocycles. The van der Waals surface area contributed by atoms with Crippen LogP contribution in [0.5, 0.6) is 11.5 Å². The molecule has 0 aliphatic heterocycles. The van der Waals surface area contributed by atoms with E-state index in [4.69, 9.17) is 9.47 Å². The molecular formula is C20H15N3O6S. The van der Waals surface area contributed by atoms with E-state index in [0.717, 1.165) is 0 Å². The summed E-state index contributed by atoms with van der Waals surface area (Å²) in [5, 5.41) is 16.5.